The minimum Gasteiger partial charge on any atom is -0.399 e. The van der Waals surface area contributed by atoms with E-state index in [1.54, 1.807) is 0 Å². The molecule has 0 aromatic heterocycles. The predicted octanol–water partition coefficient (Wildman–Crippen LogP) is 8.03. The number of rotatable bonds is 8. The molecule has 1 aliphatic rings. The molecule has 3 heteroatoms. The molecule has 1 atom stereocenters. The largest absolute Gasteiger partial charge is 0.399 e. The molecule has 0 amide bonds. The zero-order valence-corrected chi connectivity index (χ0v) is 23.1. The van der Waals surface area contributed by atoms with Gasteiger partial charge >= 0.3 is 0 Å². The Morgan fingerprint density at radius 1 is 1.08 bits per heavy atom. The van der Waals surface area contributed by atoms with E-state index in [2.05, 4.69) is 77.6 Å². The molecule has 36 heavy (non-hydrogen) atoms. The lowest BCUT2D eigenvalue weighted by molar-refractivity contribution is -0.112. The Labute approximate surface area is 218 Å². The number of carbonyl (C=O) groups is 1. The average Bonchev–Trinajstić information content (AvgIpc) is 2.86. The van der Waals surface area contributed by atoms with E-state index in [0.717, 1.165) is 36.8 Å². The third kappa shape index (κ3) is 6.84. The van der Waals surface area contributed by atoms with E-state index < -0.39 is 0 Å². The Hall–Kier alpha value is -2.94. The van der Waals surface area contributed by atoms with Crippen LogP contribution in [0.15, 0.2) is 72.3 Å². The first kappa shape index (κ1) is 27.6. The maximum absolute atomic E-state index is 13.1. The van der Waals surface area contributed by atoms with Crippen LogP contribution in [0.3, 0.4) is 0 Å². The summed E-state index contributed by atoms with van der Waals surface area (Å²) in [5.74, 6) is 0.991. The van der Waals surface area contributed by atoms with Crippen molar-refractivity contribution < 1.29 is 4.79 Å². The van der Waals surface area contributed by atoms with Gasteiger partial charge in [0, 0.05) is 17.7 Å². The van der Waals surface area contributed by atoms with Crippen LogP contribution in [0.4, 0.5) is 0 Å². The lowest BCUT2D eigenvalue weighted by Gasteiger charge is -2.41. The summed E-state index contributed by atoms with van der Waals surface area (Å²) in [6.07, 6.45) is 9.15. The molecule has 2 aromatic carbocycles. The lowest BCUT2D eigenvalue weighted by Crippen LogP contribution is -2.36. The smallest absolute Gasteiger partial charge is 0.181 e. The highest BCUT2D eigenvalue weighted by Crippen LogP contribution is 2.44. The summed E-state index contributed by atoms with van der Waals surface area (Å²) in [7, 11) is 0. The summed E-state index contributed by atoms with van der Waals surface area (Å²) in [5.41, 5.74) is 11.2. The van der Waals surface area contributed by atoms with E-state index in [0.29, 0.717) is 23.7 Å². The minimum atomic E-state index is -0.369. The first-order chi connectivity index (χ1) is 16.9. The van der Waals surface area contributed by atoms with Gasteiger partial charge in [-0.15, -0.1) is 0 Å². The highest BCUT2D eigenvalue weighted by atomic mass is 16.1. The van der Waals surface area contributed by atoms with Crippen molar-refractivity contribution in [1.82, 2.24) is 0 Å². The number of Topliss-reactive ketones (excluding diaryl/α,β-unsaturated/α-hetero) is 1. The van der Waals surface area contributed by atoms with Gasteiger partial charge in [-0.3, -0.25) is 9.79 Å². The van der Waals surface area contributed by atoms with Crippen molar-refractivity contribution in [2.75, 3.05) is 0 Å². The molecule has 0 aliphatic heterocycles. The summed E-state index contributed by atoms with van der Waals surface area (Å²) < 4.78 is 0. The van der Waals surface area contributed by atoms with Crippen LogP contribution in [-0.4, -0.2) is 17.0 Å². The first-order valence-corrected chi connectivity index (χ1v) is 13.4. The standard InChI is InChI=1S/C33H44N2O/c1-8-30(36)31(28-11-9-23(2)10-12-28)35-33(21-18-29(19-22-33)32(5,6)7)20-17-24(3)26-13-15-27(16-14-26)25(4)34/h9-17,20,24,29H,4,8,18-19,21-22,34H2,1-3,5-7H3/b20-17-,35-31?. The fourth-order valence-electron chi connectivity index (χ4n) is 5.12. The Morgan fingerprint density at radius 3 is 2.14 bits per heavy atom. The average molecular weight is 485 g/mol. The van der Waals surface area contributed by atoms with Gasteiger partial charge in [-0.25, -0.2) is 0 Å². The van der Waals surface area contributed by atoms with Crippen LogP contribution >= 0.6 is 0 Å². The number of hydrogen-bond donors (Lipinski definition) is 1. The number of nitrogens with zero attached hydrogens (tertiary/aromatic N) is 1. The number of aryl methyl sites for hydroxylation is 1. The quantitative estimate of drug-likeness (QED) is 0.304. The molecular weight excluding hydrogens is 440 g/mol. The fourth-order valence-corrected chi connectivity index (χ4v) is 5.12. The van der Waals surface area contributed by atoms with E-state index in [1.165, 1.54) is 11.1 Å². The summed E-state index contributed by atoms with van der Waals surface area (Å²) in [6.45, 7) is 17.0. The molecule has 2 aromatic rings. The number of aliphatic imine (C=N–C) groups is 1. The zero-order valence-electron chi connectivity index (χ0n) is 23.1. The molecule has 192 valence electrons. The number of benzene rings is 2. The molecule has 0 radical (unpaired) electrons. The summed E-state index contributed by atoms with van der Waals surface area (Å²) in [6, 6.07) is 16.5. The number of hydrogen-bond acceptors (Lipinski definition) is 3. The normalized spacial score (nSPS) is 21.9. The van der Waals surface area contributed by atoms with Crippen molar-refractivity contribution in [3.8, 4) is 0 Å². The Bertz CT molecular complexity index is 1110. The molecular formula is C33H44N2O. The molecule has 0 bridgehead atoms. The molecule has 2 N–H and O–H groups in total. The van der Waals surface area contributed by atoms with E-state index >= 15 is 0 Å². The summed E-state index contributed by atoms with van der Waals surface area (Å²) in [5, 5.41) is 0. The van der Waals surface area contributed by atoms with Crippen molar-refractivity contribution in [3.63, 3.8) is 0 Å². The van der Waals surface area contributed by atoms with E-state index in [9.17, 15) is 4.79 Å². The van der Waals surface area contributed by atoms with Crippen LogP contribution in [0.25, 0.3) is 5.70 Å². The molecule has 3 rings (SSSR count). The monoisotopic (exact) mass is 484 g/mol. The van der Waals surface area contributed by atoms with Gasteiger partial charge in [0.15, 0.2) is 5.78 Å². The van der Waals surface area contributed by atoms with Gasteiger partial charge in [0.1, 0.15) is 5.71 Å². The Morgan fingerprint density at radius 2 is 1.64 bits per heavy atom. The van der Waals surface area contributed by atoms with Gasteiger partial charge < -0.3 is 5.73 Å². The van der Waals surface area contributed by atoms with Crippen molar-refractivity contribution in [3.05, 3.63) is 89.5 Å². The van der Waals surface area contributed by atoms with E-state index in [4.69, 9.17) is 10.7 Å². The number of ketones is 1. The van der Waals surface area contributed by atoms with E-state index in [1.807, 2.05) is 31.2 Å². The molecule has 0 spiro atoms. The highest BCUT2D eigenvalue weighted by Gasteiger charge is 2.38. The van der Waals surface area contributed by atoms with Crippen molar-refractivity contribution >= 4 is 17.2 Å². The van der Waals surface area contributed by atoms with Crippen LogP contribution in [0.5, 0.6) is 0 Å². The van der Waals surface area contributed by atoms with Gasteiger partial charge in [0.05, 0.1) is 5.54 Å². The maximum Gasteiger partial charge on any atom is 0.181 e. The lowest BCUT2D eigenvalue weighted by atomic mass is 9.67. The van der Waals surface area contributed by atoms with Gasteiger partial charge in [-0.05, 0) is 61.0 Å². The molecule has 1 unspecified atom stereocenters. The maximum atomic E-state index is 13.1. The number of allylic oxidation sites excluding steroid dienone is 1. The molecule has 1 saturated carbocycles. The Kier molecular flexibility index (Phi) is 8.76. The van der Waals surface area contributed by atoms with Crippen molar-refractivity contribution in [2.24, 2.45) is 22.1 Å². The third-order valence-electron chi connectivity index (χ3n) is 7.82. The molecule has 1 aliphatic carbocycles. The molecule has 0 heterocycles. The zero-order chi connectivity index (χ0) is 26.5. The van der Waals surface area contributed by atoms with E-state index in [-0.39, 0.29) is 22.7 Å². The van der Waals surface area contributed by atoms with Crippen LogP contribution < -0.4 is 5.73 Å². The second-order valence-electron chi connectivity index (χ2n) is 11.6. The van der Waals surface area contributed by atoms with Crippen molar-refractivity contribution in [2.45, 2.75) is 85.1 Å². The molecule has 3 nitrogen and oxygen atoms in total. The minimum absolute atomic E-state index is 0.107. The highest BCUT2D eigenvalue weighted by molar-refractivity contribution is 6.46. The number of carbonyl (C=O) groups excluding carboxylic acids is 1. The summed E-state index contributed by atoms with van der Waals surface area (Å²) >= 11 is 0. The van der Waals surface area contributed by atoms with Gasteiger partial charge in [-0.1, -0.05) is 107 Å². The van der Waals surface area contributed by atoms with Crippen LogP contribution in [-0.2, 0) is 4.79 Å². The topological polar surface area (TPSA) is 55.4 Å². The SMILES string of the molecule is C=C(N)c1ccc(C(C)/C=C\C2(N=C(C(=O)CC)c3ccc(C)cc3)CCC(C(C)(C)C)CC2)cc1. The fraction of sp³-hybridized carbons (Fsp3) is 0.455. The molecule has 1 fully saturated rings. The second kappa shape index (κ2) is 11.4. The Balaban J connectivity index is 1.99. The first-order valence-electron chi connectivity index (χ1n) is 13.4. The van der Waals surface area contributed by atoms with Crippen molar-refractivity contribution in [1.29, 1.82) is 0 Å². The third-order valence-corrected chi connectivity index (χ3v) is 7.82. The van der Waals surface area contributed by atoms with Gasteiger partial charge in [-0.2, -0.15) is 0 Å². The summed E-state index contributed by atoms with van der Waals surface area (Å²) in [4.78, 5) is 18.4. The van der Waals surface area contributed by atoms with Gasteiger partial charge in [0.2, 0.25) is 0 Å². The molecule has 0 saturated heterocycles. The second-order valence-corrected chi connectivity index (χ2v) is 11.6. The predicted molar refractivity (Wildman–Crippen MR) is 154 cm³/mol. The van der Waals surface area contributed by atoms with Crippen LogP contribution in [0, 0.1) is 18.3 Å². The van der Waals surface area contributed by atoms with Crippen LogP contribution in [0.2, 0.25) is 0 Å². The van der Waals surface area contributed by atoms with Gasteiger partial charge in [0.25, 0.3) is 0 Å². The van der Waals surface area contributed by atoms with Crippen LogP contribution in [0.1, 0.15) is 94.9 Å². The number of nitrogens with two attached hydrogens (primary N) is 1.